The average Bonchev–Trinajstić information content (AvgIpc) is 3.00. The molecule has 0 heterocycles. The van der Waals surface area contributed by atoms with Crippen LogP contribution in [0.3, 0.4) is 0 Å². The smallest absolute Gasteiger partial charge is 0.273 e. The molecule has 1 atom stereocenters. The number of nitro groups is 1. The van der Waals surface area contributed by atoms with E-state index in [0.717, 1.165) is 28.8 Å². The van der Waals surface area contributed by atoms with Crippen LogP contribution in [-0.2, 0) is 26.0 Å². The number of carbonyl (C=O) groups is 2. The molecule has 0 saturated carbocycles. The van der Waals surface area contributed by atoms with Gasteiger partial charge in [0, 0.05) is 24.7 Å². The Labute approximate surface area is 252 Å². The van der Waals surface area contributed by atoms with Gasteiger partial charge in [0.05, 0.1) is 22.6 Å². The summed E-state index contributed by atoms with van der Waals surface area (Å²) in [6.07, 6.45) is 2.11. The van der Waals surface area contributed by atoms with Gasteiger partial charge in [-0.25, -0.2) is 8.42 Å². The first-order valence-corrected chi connectivity index (χ1v) is 15.5. The van der Waals surface area contributed by atoms with Crippen molar-refractivity contribution in [3.05, 3.63) is 94.0 Å². The normalized spacial score (nSPS) is 11.8. The van der Waals surface area contributed by atoms with Crippen LogP contribution >= 0.6 is 0 Å². The summed E-state index contributed by atoms with van der Waals surface area (Å²) in [5.41, 5.74) is 1.04. The summed E-state index contributed by atoms with van der Waals surface area (Å²) in [5.74, 6) is -0.474. The highest BCUT2D eigenvalue weighted by atomic mass is 32.2. The van der Waals surface area contributed by atoms with Gasteiger partial charge in [0.1, 0.15) is 18.3 Å². The molecule has 0 aromatic heterocycles. The van der Waals surface area contributed by atoms with Gasteiger partial charge in [0.15, 0.2) is 0 Å². The van der Waals surface area contributed by atoms with E-state index in [-0.39, 0.29) is 28.7 Å². The number of unbranched alkanes of at least 4 members (excludes halogenated alkanes) is 1. The molecular formula is C31H38N4O7S. The maximum absolute atomic E-state index is 14.0. The van der Waals surface area contributed by atoms with E-state index in [1.807, 2.05) is 37.3 Å². The van der Waals surface area contributed by atoms with Gasteiger partial charge < -0.3 is 15.0 Å². The Morgan fingerprint density at radius 3 is 2.33 bits per heavy atom. The van der Waals surface area contributed by atoms with Crippen molar-refractivity contribution in [2.75, 3.05) is 31.0 Å². The first-order chi connectivity index (χ1) is 20.5. The van der Waals surface area contributed by atoms with E-state index in [1.165, 1.54) is 43.2 Å². The number of hydrogen-bond acceptors (Lipinski definition) is 7. The molecule has 0 aliphatic rings. The first-order valence-electron chi connectivity index (χ1n) is 14.0. The highest BCUT2D eigenvalue weighted by Gasteiger charge is 2.33. The molecule has 0 bridgehead atoms. The van der Waals surface area contributed by atoms with Crippen LogP contribution in [0, 0.1) is 17.0 Å². The maximum atomic E-state index is 14.0. The molecule has 0 saturated heterocycles. The lowest BCUT2D eigenvalue weighted by molar-refractivity contribution is -0.385. The zero-order chi connectivity index (χ0) is 31.6. The van der Waals surface area contributed by atoms with Gasteiger partial charge in [0.2, 0.25) is 11.8 Å². The van der Waals surface area contributed by atoms with E-state index in [9.17, 15) is 28.1 Å². The van der Waals surface area contributed by atoms with E-state index in [1.54, 1.807) is 19.1 Å². The zero-order valence-corrected chi connectivity index (χ0v) is 25.7. The molecule has 3 aromatic rings. The topological polar surface area (TPSA) is 139 Å². The highest BCUT2D eigenvalue weighted by Crippen LogP contribution is 2.29. The number of nitrogens with one attached hydrogen (secondary N) is 1. The van der Waals surface area contributed by atoms with Crippen LogP contribution in [0.1, 0.15) is 37.8 Å². The number of methoxy groups -OCH3 is 1. The molecule has 2 amide bonds. The summed E-state index contributed by atoms with van der Waals surface area (Å²) in [4.78, 5) is 39.0. The van der Waals surface area contributed by atoms with Crippen LogP contribution < -0.4 is 14.4 Å². The quantitative estimate of drug-likeness (QED) is 0.152. The Bertz CT molecular complexity index is 1510. The van der Waals surface area contributed by atoms with Crippen LogP contribution in [0.5, 0.6) is 5.75 Å². The van der Waals surface area contributed by atoms with Gasteiger partial charge >= 0.3 is 0 Å². The summed E-state index contributed by atoms with van der Waals surface area (Å²) >= 11 is 0. The predicted octanol–water partition coefficient (Wildman–Crippen LogP) is 4.48. The fourth-order valence-electron chi connectivity index (χ4n) is 4.46. The largest absolute Gasteiger partial charge is 0.497 e. The SMILES string of the molecule is CCCCNC(=O)[C@@H](C)N(CCc1ccccc1)C(=O)CN(c1ccc(OC)cc1)S(=O)(=O)c1ccc(C)c([N+](=O)[O-])c1. The number of aryl methyl sites for hydroxylation is 1. The van der Waals surface area contributed by atoms with E-state index in [4.69, 9.17) is 4.74 Å². The summed E-state index contributed by atoms with van der Waals surface area (Å²) < 4.78 is 34.1. The Morgan fingerprint density at radius 1 is 1.05 bits per heavy atom. The summed E-state index contributed by atoms with van der Waals surface area (Å²) in [6, 6.07) is 18.3. The van der Waals surface area contributed by atoms with Crippen LogP contribution in [0.4, 0.5) is 11.4 Å². The fraction of sp³-hybridized carbons (Fsp3) is 0.355. The number of nitro benzene ring substituents is 1. The number of ether oxygens (including phenoxy) is 1. The van der Waals surface area contributed by atoms with Crippen molar-refractivity contribution in [1.29, 1.82) is 0 Å². The third-order valence-electron chi connectivity index (χ3n) is 7.09. The van der Waals surface area contributed by atoms with Gasteiger partial charge in [0.25, 0.3) is 15.7 Å². The van der Waals surface area contributed by atoms with Crippen molar-refractivity contribution in [2.45, 2.75) is 51.0 Å². The third kappa shape index (κ3) is 8.54. The van der Waals surface area contributed by atoms with Crippen molar-refractivity contribution in [3.8, 4) is 5.75 Å². The minimum atomic E-state index is -4.47. The Balaban J connectivity index is 2.02. The second kappa shape index (κ2) is 15.1. The molecule has 0 unspecified atom stereocenters. The monoisotopic (exact) mass is 610 g/mol. The van der Waals surface area contributed by atoms with Crippen molar-refractivity contribution in [2.24, 2.45) is 0 Å². The van der Waals surface area contributed by atoms with Crippen LogP contribution in [0.25, 0.3) is 0 Å². The summed E-state index contributed by atoms with van der Waals surface area (Å²) in [5, 5.41) is 14.4. The predicted molar refractivity (Wildman–Crippen MR) is 165 cm³/mol. The second-order valence-corrected chi connectivity index (χ2v) is 11.9. The van der Waals surface area contributed by atoms with Gasteiger partial charge in [-0.1, -0.05) is 49.7 Å². The molecule has 0 aliphatic carbocycles. The Morgan fingerprint density at radius 2 is 1.72 bits per heavy atom. The summed E-state index contributed by atoms with van der Waals surface area (Å²) in [7, 11) is -3.00. The molecule has 1 N–H and O–H groups in total. The van der Waals surface area contributed by atoms with Crippen LogP contribution in [-0.4, -0.2) is 62.8 Å². The van der Waals surface area contributed by atoms with Crippen LogP contribution in [0.15, 0.2) is 77.7 Å². The second-order valence-electron chi connectivity index (χ2n) is 10.1. The fourth-order valence-corrected chi connectivity index (χ4v) is 5.89. The highest BCUT2D eigenvalue weighted by molar-refractivity contribution is 7.92. The summed E-state index contributed by atoms with van der Waals surface area (Å²) in [6.45, 7) is 5.10. The zero-order valence-electron chi connectivity index (χ0n) is 24.9. The number of rotatable bonds is 15. The molecule has 43 heavy (non-hydrogen) atoms. The van der Waals surface area contributed by atoms with E-state index in [0.29, 0.717) is 24.3 Å². The number of anilines is 1. The lowest BCUT2D eigenvalue weighted by Gasteiger charge is -2.32. The van der Waals surface area contributed by atoms with E-state index in [2.05, 4.69) is 5.32 Å². The van der Waals surface area contributed by atoms with E-state index < -0.39 is 33.4 Å². The molecule has 0 radical (unpaired) electrons. The molecule has 0 aliphatic heterocycles. The lowest BCUT2D eigenvalue weighted by Crippen LogP contribution is -2.52. The third-order valence-corrected chi connectivity index (χ3v) is 8.86. The van der Waals surface area contributed by atoms with Crippen molar-refractivity contribution >= 4 is 33.2 Å². The number of nitrogens with zero attached hydrogens (tertiary/aromatic N) is 3. The van der Waals surface area contributed by atoms with Crippen molar-refractivity contribution in [1.82, 2.24) is 10.2 Å². The number of sulfonamides is 1. The minimum Gasteiger partial charge on any atom is -0.497 e. The average molecular weight is 611 g/mol. The number of hydrogen-bond donors (Lipinski definition) is 1. The van der Waals surface area contributed by atoms with Gasteiger partial charge in [-0.15, -0.1) is 0 Å². The Kier molecular flexibility index (Phi) is 11.6. The molecule has 11 nitrogen and oxygen atoms in total. The molecule has 230 valence electrons. The van der Waals surface area contributed by atoms with Crippen LogP contribution in [0.2, 0.25) is 0 Å². The van der Waals surface area contributed by atoms with Crippen molar-refractivity contribution < 1.29 is 27.7 Å². The molecule has 0 spiro atoms. The molecule has 3 aromatic carbocycles. The van der Waals surface area contributed by atoms with Gasteiger partial charge in [-0.2, -0.15) is 0 Å². The number of carbonyl (C=O) groups excluding carboxylic acids is 2. The van der Waals surface area contributed by atoms with Crippen molar-refractivity contribution in [3.63, 3.8) is 0 Å². The van der Waals surface area contributed by atoms with Gasteiger partial charge in [-0.3, -0.25) is 24.0 Å². The lowest BCUT2D eigenvalue weighted by atomic mass is 10.1. The molecule has 0 fully saturated rings. The molecular weight excluding hydrogens is 572 g/mol. The van der Waals surface area contributed by atoms with E-state index >= 15 is 0 Å². The molecule has 3 rings (SSSR count). The standard InChI is InChI=1S/C31H38N4O7S/c1-5-6-19-32-31(37)24(3)33(20-18-25-10-8-7-9-11-25)30(36)22-34(26-13-15-27(42-4)16-14-26)43(40,41)28-17-12-23(2)29(21-28)35(38)39/h7-17,21,24H,5-6,18-20,22H2,1-4H3,(H,32,37)/t24-/m1/s1. The maximum Gasteiger partial charge on any atom is 0.273 e. The van der Waals surface area contributed by atoms with Gasteiger partial charge in [-0.05, 0) is 62.6 Å². The Hall–Kier alpha value is -4.45. The number of amides is 2. The number of benzene rings is 3. The minimum absolute atomic E-state index is 0.153. The molecule has 12 heteroatoms. The first kappa shape index (κ1) is 33.1.